The van der Waals surface area contributed by atoms with E-state index in [1.54, 1.807) is 57.3 Å². The van der Waals surface area contributed by atoms with Gasteiger partial charge in [-0.05, 0) is 102 Å². The van der Waals surface area contributed by atoms with E-state index in [9.17, 15) is 37.1 Å². The highest BCUT2D eigenvalue weighted by Gasteiger charge is 2.48. The zero-order chi connectivity index (χ0) is 55.9. The Bertz CT molecular complexity index is 2920. The van der Waals surface area contributed by atoms with Gasteiger partial charge in [-0.2, -0.15) is 13.2 Å². The number of halogens is 4. The van der Waals surface area contributed by atoms with Gasteiger partial charge in [-0.1, -0.05) is 33.6 Å². The number of likely N-dealkylation sites (N-methyl/N-ethyl adjacent to an activating group) is 1. The van der Waals surface area contributed by atoms with Crippen LogP contribution in [0.25, 0.3) is 33.6 Å². The van der Waals surface area contributed by atoms with Crippen LogP contribution in [0.4, 0.5) is 17.6 Å². The van der Waals surface area contributed by atoms with Crippen LogP contribution in [0.3, 0.4) is 0 Å². The number of hydrogen-bond donors (Lipinski definition) is 2. The number of ether oxygens (including phenoxy) is 2. The van der Waals surface area contributed by atoms with Crippen LogP contribution >= 0.6 is 0 Å². The number of methoxy groups -OCH3 is 1. The summed E-state index contributed by atoms with van der Waals surface area (Å²) in [5, 5.41) is 2.83. The van der Waals surface area contributed by atoms with E-state index in [-0.39, 0.29) is 81.1 Å². The Morgan fingerprint density at radius 3 is 2.39 bits per heavy atom. The van der Waals surface area contributed by atoms with Gasteiger partial charge in [0.2, 0.25) is 11.8 Å². The van der Waals surface area contributed by atoms with Gasteiger partial charge in [0.05, 0.1) is 45.6 Å². The summed E-state index contributed by atoms with van der Waals surface area (Å²) in [6.45, 7) is 10.9. The summed E-state index contributed by atoms with van der Waals surface area (Å²) in [6.07, 6.45) is -2.71. The molecule has 0 unspecified atom stereocenters. The highest BCUT2D eigenvalue weighted by molar-refractivity contribution is 6.27. The van der Waals surface area contributed by atoms with Crippen molar-refractivity contribution in [1.82, 2.24) is 45.0 Å². The molecule has 22 heteroatoms. The molecule has 3 aromatic heterocycles. The highest BCUT2D eigenvalue weighted by Crippen LogP contribution is 2.43. The molecule has 76 heavy (non-hydrogen) atoms. The van der Waals surface area contributed by atoms with E-state index >= 15 is 4.39 Å². The summed E-state index contributed by atoms with van der Waals surface area (Å²) in [7, 11) is 10.1. The number of benzene rings is 1. The number of likely N-dealkylation sites (tertiary alicyclic amines) is 1. The molecule has 2 N–H and O–H groups in total. The molecule has 0 spiro atoms. The molecule has 2 fully saturated rings. The Morgan fingerprint density at radius 1 is 1.05 bits per heavy atom. The number of aromatic nitrogens is 3. The third-order valence-corrected chi connectivity index (χ3v) is 15.3. The Labute approximate surface area is 444 Å². The van der Waals surface area contributed by atoms with Crippen molar-refractivity contribution in [2.45, 2.75) is 134 Å². The molecule has 4 aromatic rings. The molecular formula is C54H68F4N9O8Si. The molecule has 6 bridgehead atoms. The predicted octanol–water partition coefficient (Wildman–Crippen LogP) is 5.93. The second kappa shape index (κ2) is 22.1. The predicted molar refractivity (Wildman–Crippen MR) is 275 cm³/mol. The fraction of sp³-hybridized carbons (Fsp3) is 0.574. The van der Waals surface area contributed by atoms with Crippen molar-refractivity contribution in [3.63, 3.8) is 0 Å². The van der Waals surface area contributed by atoms with Crippen molar-refractivity contribution < 1.29 is 55.4 Å². The Hall–Kier alpha value is -6.15. The van der Waals surface area contributed by atoms with Crippen molar-refractivity contribution in [3.05, 3.63) is 59.7 Å². The first kappa shape index (κ1) is 57.5. The number of piperidine rings is 1. The van der Waals surface area contributed by atoms with Crippen LogP contribution in [0.2, 0.25) is 0 Å². The fourth-order valence-electron chi connectivity index (χ4n) is 9.94. The number of alkyl halides is 4. The molecular weight excluding hydrogens is 1010 g/mol. The number of pyridine rings is 1. The normalized spacial score (nSPS) is 21.1. The van der Waals surface area contributed by atoms with Crippen molar-refractivity contribution in [3.8, 4) is 34.6 Å². The van der Waals surface area contributed by atoms with E-state index in [1.807, 2.05) is 46.7 Å². The number of carbonyl (C=O) groups is 5. The number of nitrogens with one attached hydrogen (secondary N) is 2. The largest absolute Gasteiger partial charge is 0.464 e. The van der Waals surface area contributed by atoms with Crippen LogP contribution in [0.15, 0.2) is 47.2 Å². The number of oxazole rings is 1. The fourth-order valence-corrected chi connectivity index (χ4v) is 10.3. The van der Waals surface area contributed by atoms with Gasteiger partial charge in [-0.3, -0.25) is 38.9 Å². The number of nitrogens with zero attached hydrogens (tertiary/aromatic N) is 7. The summed E-state index contributed by atoms with van der Waals surface area (Å²) < 4.78 is 79.8. The number of amides is 4. The van der Waals surface area contributed by atoms with Gasteiger partial charge in [-0.15, -0.1) is 0 Å². The number of esters is 1. The number of cyclic esters (lactones) is 1. The van der Waals surface area contributed by atoms with Crippen LogP contribution in [-0.2, 0) is 52.8 Å². The SMILES string of the molecule is CO[C@@H](C)c1ncccc1-c1c2c3cc(ccc3n1CC(F)(F)F)-c1nc(co1)C[C@H](NC(=O)[C@H](C(C)C)N(C)C(=O)C1(F)CCN(C(=O)C#CC(C)(C)N(C)C)CC1)C(=O)N1CCC[C@@]([Si])(N1)C(=O)OCC(C)(C)C2. The molecule has 2 saturated heterocycles. The molecule has 6 heterocycles. The average Bonchev–Trinajstić information content (AvgIpc) is 3.95. The Balaban J connectivity index is 1.25. The molecule has 17 nitrogen and oxygen atoms in total. The van der Waals surface area contributed by atoms with E-state index in [1.165, 1.54) is 34.9 Å². The maximum atomic E-state index is 16.8. The maximum absolute atomic E-state index is 16.8. The first-order valence-corrected chi connectivity index (χ1v) is 25.9. The molecule has 3 aliphatic heterocycles. The summed E-state index contributed by atoms with van der Waals surface area (Å²) >= 11 is 0. The number of carbonyl (C=O) groups excluding carboxylic acids is 5. The topological polar surface area (TPSA) is 185 Å². The van der Waals surface area contributed by atoms with Gasteiger partial charge in [0.15, 0.2) is 5.67 Å². The van der Waals surface area contributed by atoms with Gasteiger partial charge in [0.1, 0.15) is 30.1 Å². The lowest BCUT2D eigenvalue weighted by molar-refractivity contribution is -0.158. The molecule has 0 saturated carbocycles. The number of hydrazine groups is 1. The number of fused-ring (bicyclic) bond motifs is 6. The molecule has 1 aromatic carbocycles. The molecule has 409 valence electrons. The van der Waals surface area contributed by atoms with E-state index in [0.717, 1.165) is 4.90 Å². The number of hydrogen-bond acceptors (Lipinski definition) is 12. The molecule has 7 rings (SSSR count). The number of rotatable bonds is 10. The van der Waals surface area contributed by atoms with E-state index in [2.05, 4.69) is 37.8 Å². The third-order valence-electron chi connectivity index (χ3n) is 14.7. The summed E-state index contributed by atoms with van der Waals surface area (Å²) in [6, 6.07) is 5.50. The second-order valence-corrected chi connectivity index (χ2v) is 22.9. The molecule has 3 aliphatic rings. The second-order valence-electron chi connectivity index (χ2n) is 22.1. The average molecular weight is 1080 g/mol. The highest BCUT2D eigenvalue weighted by atomic mass is 28.1. The standard InChI is InChI=1S/C54H68F4N9O8Si/c1-32(2)43(64(10)48(71)52(55)20-24-65(25-21-52)41(68)17-19-51(6,7)63(8)9)45(69)61-39-27-35-29-74-46(60-35)34-15-16-40-37(26-34)38(28-50(4,5)31-75-49(72)53(76)18-13-23-67(62-53)47(39)70)44(66(40)30-54(56,57)58)36-14-12-22-59-42(36)33(3)73-11/h12,14-16,22,26,29,32-33,39,43,62H,13,18,20-21,23-25,27-28,30-31H2,1-11H3,(H,61,69)/t33-,39-,43-,53-/m0/s1. The van der Waals surface area contributed by atoms with Gasteiger partial charge >= 0.3 is 12.1 Å². The van der Waals surface area contributed by atoms with E-state index in [0.29, 0.717) is 34.2 Å². The lowest BCUT2D eigenvalue weighted by Crippen LogP contribution is -2.68. The summed E-state index contributed by atoms with van der Waals surface area (Å²) in [4.78, 5) is 84.3. The minimum Gasteiger partial charge on any atom is -0.464 e. The van der Waals surface area contributed by atoms with Crippen LogP contribution in [0.1, 0.15) is 97.2 Å². The van der Waals surface area contributed by atoms with Gasteiger partial charge in [-0.25, -0.2) is 14.8 Å². The molecule has 4 atom stereocenters. The molecule has 0 aliphatic carbocycles. The lowest BCUT2D eigenvalue weighted by Gasteiger charge is -2.42. The van der Waals surface area contributed by atoms with E-state index < -0.39 is 88.2 Å². The zero-order valence-corrected chi connectivity index (χ0v) is 46.0. The van der Waals surface area contributed by atoms with Crippen LogP contribution < -0.4 is 10.7 Å². The minimum absolute atomic E-state index is 0.0703. The molecule has 4 amide bonds. The lowest BCUT2D eigenvalue weighted by atomic mass is 9.84. The Morgan fingerprint density at radius 2 is 1.75 bits per heavy atom. The zero-order valence-electron chi connectivity index (χ0n) is 45.0. The maximum Gasteiger partial charge on any atom is 0.406 e. The van der Waals surface area contributed by atoms with Crippen molar-refractivity contribution in [2.24, 2.45) is 11.3 Å². The third kappa shape index (κ3) is 12.3. The quantitative estimate of drug-likeness (QED) is 0.0828. The van der Waals surface area contributed by atoms with Crippen LogP contribution in [0, 0.1) is 23.2 Å². The monoisotopic (exact) mass is 1070 g/mol. The van der Waals surface area contributed by atoms with E-state index in [4.69, 9.17) is 18.9 Å². The Kier molecular flexibility index (Phi) is 16.7. The molecule has 3 radical (unpaired) electrons. The first-order chi connectivity index (χ1) is 35.5. The van der Waals surface area contributed by atoms with Gasteiger partial charge < -0.3 is 33.6 Å². The minimum atomic E-state index is -4.65. The van der Waals surface area contributed by atoms with Gasteiger partial charge in [0, 0.05) is 86.7 Å². The van der Waals surface area contributed by atoms with Crippen molar-refractivity contribution >= 4 is 50.7 Å². The smallest absolute Gasteiger partial charge is 0.406 e. The van der Waals surface area contributed by atoms with Crippen LogP contribution in [-0.4, -0.2) is 163 Å². The first-order valence-electron chi connectivity index (χ1n) is 25.4. The van der Waals surface area contributed by atoms with Crippen LogP contribution in [0.5, 0.6) is 0 Å². The van der Waals surface area contributed by atoms with Crippen molar-refractivity contribution in [2.75, 3.05) is 54.5 Å². The summed E-state index contributed by atoms with van der Waals surface area (Å²) in [5.74, 6) is 1.40. The summed E-state index contributed by atoms with van der Waals surface area (Å²) in [5.41, 5.74) is 1.53. The van der Waals surface area contributed by atoms with Crippen molar-refractivity contribution in [1.29, 1.82) is 0 Å². The van der Waals surface area contributed by atoms with Gasteiger partial charge in [0.25, 0.3) is 17.7 Å².